The molecule has 2 fully saturated rings. The van der Waals surface area contributed by atoms with Crippen LogP contribution < -0.4 is 0 Å². The molecule has 13 heavy (non-hydrogen) atoms. The maximum Gasteiger partial charge on any atom is -0.0205 e. The summed E-state index contributed by atoms with van der Waals surface area (Å²) in [7, 11) is 0. The first-order valence-electron chi connectivity index (χ1n) is 5.95. The predicted molar refractivity (Wildman–Crippen MR) is 57.5 cm³/mol. The van der Waals surface area contributed by atoms with Crippen molar-refractivity contribution in [2.45, 2.75) is 45.4 Å². The van der Waals surface area contributed by atoms with Gasteiger partial charge in [0.25, 0.3) is 0 Å². The van der Waals surface area contributed by atoms with Crippen molar-refractivity contribution in [1.82, 2.24) is 0 Å². The second-order valence-corrected chi connectivity index (χ2v) is 5.07. The third-order valence-corrected chi connectivity index (χ3v) is 4.41. The lowest BCUT2D eigenvalue weighted by molar-refractivity contribution is 0.0823. The van der Waals surface area contributed by atoms with Gasteiger partial charge in [-0.05, 0) is 42.9 Å². The Morgan fingerprint density at radius 2 is 1.69 bits per heavy atom. The molecule has 2 aliphatic carbocycles. The lowest BCUT2D eigenvalue weighted by atomic mass is 9.62. The molecule has 0 aromatic carbocycles. The standard InChI is InChI=1S/C13H22/c1-3-11-7-5-8-12-10(2)6-4-9-13(11)12/h3,10-13H,1,4-9H2,2H3. The van der Waals surface area contributed by atoms with E-state index < -0.39 is 0 Å². The molecular formula is C13H22. The van der Waals surface area contributed by atoms with E-state index in [1.807, 2.05) is 0 Å². The van der Waals surface area contributed by atoms with Gasteiger partial charge in [-0.3, -0.25) is 0 Å². The van der Waals surface area contributed by atoms with Crippen molar-refractivity contribution in [3.63, 3.8) is 0 Å². The van der Waals surface area contributed by atoms with Crippen LogP contribution in [-0.4, -0.2) is 0 Å². The number of hydrogen-bond donors (Lipinski definition) is 0. The first-order valence-corrected chi connectivity index (χ1v) is 5.95. The van der Waals surface area contributed by atoms with Crippen molar-refractivity contribution in [3.8, 4) is 0 Å². The van der Waals surface area contributed by atoms with Gasteiger partial charge in [0.1, 0.15) is 0 Å². The van der Waals surface area contributed by atoms with E-state index in [1.54, 1.807) is 0 Å². The van der Waals surface area contributed by atoms with E-state index in [9.17, 15) is 0 Å². The molecule has 0 aromatic rings. The summed E-state index contributed by atoms with van der Waals surface area (Å²) in [6.07, 6.45) is 11.0. The van der Waals surface area contributed by atoms with Gasteiger partial charge < -0.3 is 0 Å². The van der Waals surface area contributed by atoms with E-state index in [-0.39, 0.29) is 0 Å². The average molecular weight is 178 g/mol. The van der Waals surface area contributed by atoms with E-state index >= 15 is 0 Å². The highest BCUT2D eigenvalue weighted by Gasteiger charge is 2.36. The van der Waals surface area contributed by atoms with Crippen molar-refractivity contribution in [2.75, 3.05) is 0 Å². The smallest absolute Gasteiger partial charge is 0.0205 e. The normalized spacial score (nSPS) is 45.3. The van der Waals surface area contributed by atoms with Gasteiger partial charge in [0, 0.05) is 0 Å². The van der Waals surface area contributed by atoms with Gasteiger partial charge in [-0.2, -0.15) is 0 Å². The maximum absolute atomic E-state index is 4.00. The van der Waals surface area contributed by atoms with Crippen LogP contribution >= 0.6 is 0 Å². The summed E-state index contributed by atoms with van der Waals surface area (Å²) in [4.78, 5) is 0. The van der Waals surface area contributed by atoms with E-state index in [4.69, 9.17) is 0 Å². The highest BCUT2D eigenvalue weighted by atomic mass is 14.4. The Morgan fingerprint density at radius 1 is 1.00 bits per heavy atom. The molecule has 0 spiro atoms. The van der Waals surface area contributed by atoms with Crippen molar-refractivity contribution in [2.24, 2.45) is 23.7 Å². The molecule has 2 rings (SSSR count). The molecule has 0 saturated heterocycles. The first-order chi connectivity index (χ1) is 6.33. The van der Waals surface area contributed by atoms with Crippen LogP contribution in [0.1, 0.15) is 45.4 Å². The molecule has 0 heteroatoms. The monoisotopic (exact) mass is 178 g/mol. The quantitative estimate of drug-likeness (QED) is 0.532. The lowest BCUT2D eigenvalue weighted by Gasteiger charge is -2.43. The number of fused-ring (bicyclic) bond motifs is 1. The number of hydrogen-bond acceptors (Lipinski definition) is 0. The second kappa shape index (κ2) is 3.86. The summed E-state index contributed by atoms with van der Waals surface area (Å²) >= 11 is 0. The Labute approximate surface area is 82.4 Å². The van der Waals surface area contributed by atoms with E-state index in [0.29, 0.717) is 0 Å². The SMILES string of the molecule is C=CC1CCCC2C(C)CCCC12. The number of allylic oxidation sites excluding steroid dienone is 1. The van der Waals surface area contributed by atoms with Crippen molar-refractivity contribution in [3.05, 3.63) is 12.7 Å². The fourth-order valence-corrected chi connectivity index (χ4v) is 3.65. The molecule has 4 atom stereocenters. The second-order valence-electron chi connectivity index (χ2n) is 5.07. The summed E-state index contributed by atoms with van der Waals surface area (Å²) in [6, 6.07) is 0. The molecule has 2 saturated carbocycles. The fraction of sp³-hybridized carbons (Fsp3) is 0.846. The molecule has 0 radical (unpaired) electrons. The average Bonchev–Trinajstić information content (AvgIpc) is 2.18. The zero-order chi connectivity index (χ0) is 9.26. The summed E-state index contributed by atoms with van der Waals surface area (Å²) in [6.45, 7) is 6.46. The van der Waals surface area contributed by atoms with E-state index in [1.165, 1.54) is 38.5 Å². The van der Waals surface area contributed by atoms with Gasteiger partial charge >= 0.3 is 0 Å². The molecule has 0 bridgehead atoms. The predicted octanol–water partition coefficient (Wildman–Crippen LogP) is 4.02. The van der Waals surface area contributed by atoms with Crippen LogP contribution in [-0.2, 0) is 0 Å². The minimum atomic E-state index is 0.849. The molecule has 0 aromatic heterocycles. The van der Waals surface area contributed by atoms with Crippen molar-refractivity contribution >= 4 is 0 Å². The highest BCUT2D eigenvalue weighted by Crippen LogP contribution is 2.46. The summed E-state index contributed by atoms with van der Waals surface area (Å²) in [5, 5.41) is 0. The van der Waals surface area contributed by atoms with E-state index in [2.05, 4.69) is 19.6 Å². The first kappa shape index (κ1) is 9.30. The Kier molecular flexibility index (Phi) is 2.76. The molecule has 74 valence electrons. The Hall–Kier alpha value is -0.260. The van der Waals surface area contributed by atoms with Crippen LogP contribution in [0.4, 0.5) is 0 Å². The zero-order valence-corrected chi connectivity index (χ0v) is 8.84. The van der Waals surface area contributed by atoms with Crippen LogP contribution in [0.5, 0.6) is 0 Å². The summed E-state index contributed by atoms with van der Waals surface area (Å²) < 4.78 is 0. The molecule has 0 aliphatic heterocycles. The Balaban J connectivity index is 2.09. The molecule has 0 N–H and O–H groups in total. The van der Waals surface area contributed by atoms with Gasteiger partial charge in [-0.15, -0.1) is 6.58 Å². The fourth-order valence-electron chi connectivity index (χ4n) is 3.65. The van der Waals surface area contributed by atoms with Crippen molar-refractivity contribution in [1.29, 1.82) is 0 Å². The van der Waals surface area contributed by atoms with Gasteiger partial charge in [0.2, 0.25) is 0 Å². The molecule has 0 heterocycles. The van der Waals surface area contributed by atoms with Gasteiger partial charge in [-0.25, -0.2) is 0 Å². The third kappa shape index (κ3) is 1.68. The number of rotatable bonds is 1. The lowest BCUT2D eigenvalue weighted by Crippen LogP contribution is -2.34. The van der Waals surface area contributed by atoms with Gasteiger partial charge in [-0.1, -0.05) is 32.3 Å². The summed E-state index contributed by atoms with van der Waals surface area (Å²) in [5.74, 6) is 3.86. The summed E-state index contributed by atoms with van der Waals surface area (Å²) in [5.41, 5.74) is 0. The Morgan fingerprint density at radius 3 is 2.46 bits per heavy atom. The van der Waals surface area contributed by atoms with Gasteiger partial charge in [0.15, 0.2) is 0 Å². The van der Waals surface area contributed by atoms with Crippen LogP contribution in [0, 0.1) is 23.7 Å². The molecule has 0 nitrogen and oxygen atoms in total. The molecule has 0 amide bonds. The minimum Gasteiger partial charge on any atom is -0.103 e. The topological polar surface area (TPSA) is 0 Å². The van der Waals surface area contributed by atoms with Gasteiger partial charge in [0.05, 0.1) is 0 Å². The minimum absolute atomic E-state index is 0.849. The van der Waals surface area contributed by atoms with Crippen LogP contribution in [0.25, 0.3) is 0 Å². The van der Waals surface area contributed by atoms with Crippen LogP contribution in [0.15, 0.2) is 12.7 Å². The maximum atomic E-state index is 4.00. The highest BCUT2D eigenvalue weighted by molar-refractivity contribution is 4.94. The largest absolute Gasteiger partial charge is 0.103 e. The molecule has 2 aliphatic rings. The van der Waals surface area contributed by atoms with E-state index in [0.717, 1.165) is 23.7 Å². The zero-order valence-electron chi connectivity index (χ0n) is 8.84. The van der Waals surface area contributed by atoms with Crippen LogP contribution in [0.3, 0.4) is 0 Å². The van der Waals surface area contributed by atoms with Crippen LogP contribution in [0.2, 0.25) is 0 Å². The Bertz CT molecular complexity index is 182. The third-order valence-electron chi connectivity index (χ3n) is 4.41. The van der Waals surface area contributed by atoms with Crippen molar-refractivity contribution < 1.29 is 0 Å². The molecule has 4 unspecified atom stereocenters. The molecular weight excluding hydrogens is 156 g/mol.